The maximum absolute atomic E-state index is 14.2. The van der Waals surface area contributed by atoms with Crippen LogP contribution in [-0.2, 0) is 6.54 Å². The van der Waals surface area contributed by atoms with E-state index in [1.54, 1.807) is 12.1 Å². The number of carboxylic acid groups (broad SMARTS) is 1. The largest absolute Gasteiger partial charge is 0.493 e. The lowest BCUT2D eigenvalue weighted by molar-refractivity contribution is 0.0691. The summed E-state index contributed by atoms with van der Waals surface area (Å²) in [5.41, 5.74) is 2.45. The Kier molecular flexibility index (Phi) is 7.17. The van der Waals surface area contributed by atoms with Crippen molar-refractivity contribution in [2.45, 2.75) is 58.0 Å². The number of piperidine rings is 1. The van der Waals surface area contributed by atoms with E-state index in [0.29, 0.717) is 24.8 Å². The Labute approximate surface area is 193 Å². The quantitative estimate of drug-likeness (QED) is 0.508. The first-order valence-electron chi connectivity index (χ1n) is 11.8. The summed E-state index contributed by atoms with van der Waals surface area (Å²) in [6.45, 7) is 7.07. The van der Waals surface area contributed by atoms with Gasteiger partial charge in [-0.3, -0.25) is 4.90 Å². The summed E-state index contributed by atoms with van der Waals surface area (Å²) in [6.07, 6.45) is 3.84. The maximum Gasteiger partial charge on any atom is 0.338 e. The van der Waals surface area contributed by atoms with E-state index >= 15 is 0 Å². The first-order chi connectivity index (χ1) is 15.8. The number of carbonyl (C=O) groups is 1. The number of nitrogens with one attached hydrogen (secondary N) is 1. The summed E-state index contributed by atoms with van der Waals surface area (Å²) in [5, 5.41) is 12.6. The number of hydrogen-bond acceptors (Lipinski definition) is 4. The fourth-order valence-corrected chi connectivity index (χ4v) is 4.48. The Bertz CT molecular complexity index is 999. The van der Waals surface area contributed by atoms with Gasteiger partial charge in [-0.05, 0) is 99.8 Å². The molecular formula is C26H32F2N2O3. The molecule has 0 atom stereocenters. The van der Waals surface area contributed by atoms with Crippen molar-refractivity contribution in [1.29, 1.82) is 0 Å². The van der Waals surface area contributed by atoms with Crippen molar-refractivity contribution in [3.05, 3.63) is 58.7 Å². The third-order valence-electron chi connectivity index (χ3n) is 6.43. The van der Waals surface area contributed by atoms with Crippen molar-refractivity contribution >= 4 is 11.7 Å². The Morgan fingerprint density at radius 2 is 1.88 bits per heavy atom. The van der Waals surface area contributed by atoms with E-state index in [-0.39, 0.29) is 23.3 Å². The van der Waals surface area contributed by atoms with Crippen LogP contribution in [0.25, 0.3) is 0 Å². The summed E-state index contributed by atoms with van der Waals surface area (Å²) in [7, 11) is 0. The fraction of sp³-hybridized carbons (Fsp3) is 0.500. The number of benzene rings is 2. The van der Waals surface area contributed by atoms with Crippen LogP contribution >= 0.6 is 0 Å². The lowest BCUT2D eigenvalue weighted by Gasteiger charge is -2.32. The van der Waals surface area contributed by atoms with Crippen molar-refractivity contribution in [3.63, 3.8) is 0 Å². The Morgan fingerprint density at radius 3 is 2.52 bits per heavy atom. The summed E-state index contributed by atoms with van der Waals surface area (Å²) < 4.78 is 34.1. The van der Waals surface area contributed by atoms with Crippen LogP contribution in [0.15, 0.2) is 30.3 Å². The first-order valence-corrected chi connectivity index (χ1v) is 11.8. The van der Waals surface area contributed by atoms with Gasteiger partial charge in [0.05, 0.1) is 12.2 Å². The number of carboxylic acids is 1. The van der Waals surface area contributed by atoms with Crippen LogP contribution in [0, 0.1) is 17.6 Å². The van der Waals surface area contributed by atoms with Gasteiger partial charge < -0.3 is 15.2 Å². The van der Waals surface area contributed by atoms with Crippen molar-refractivity contribution in [1.82, 2.24) is 4.90 Å². The van der Waals surface area contributed by atoms with Gasteiger partial charge in [0.15, 0.2) is 0 Å². The molecule has 0 amide bonds. The van der Waals surface area contributed by atoms with E-state index in [9.17, 15) is 18.7 Å². The van der Waals surface area contributed by atoms with Crippen LogP contribution in [0.4, 0.5) is 14.5 Å². The topological polar surface area (TPSA) is 61.8 Å². The summed E-state index contributed by atoms with van der Waals surface area (Å²) >= 11 is 0. The van der Waals surface area contributed by atoms with E-state index in [4.69, 9.17) is 4.74 Å². The lowest BCUT2D eigenvalue weighted by atomic mass is 9.97. The highest BCUT2D eigenvalue weighted by molar-refractivity contribution is 5.88. The molecule has 0 unspecified atom stereocenters. The van der Waals surface area contributed by atoms with Gasteiger partial charge in [0, 0.05) is 24.3 Å². The number of anilines is 1. The third kappa shape index (κ3) is 6.02. The molecule has 0 aromatic heterocycles. The SMILES string of the molecule is CC(C)Nc1ccc(F)cc1CN1CCC(COc2cc(F)c(C(=O)O)cc2C2CC2)CC1. The Balaban J connectivity index is 1.33. The molecule has 0 bridgehead atoms. The van der Waals surface area contributed by atoms with Crippen molar-refractivity contribution in [2.24, 2.45) is 5.92 Å². The first kappa shape index (κ1) is 23.5. The Hall–Kier alpha value is -2.67. The molecule has 5 nitrogen and oxygen atoms in total. The molecule has 1 saturated carbocycles. The van der Waals surface area contributed by atoms with E-state index in [1.807, 2.05) is 0 Å². The van der Waals surface area contributed by atoms with Gasteiger partial charge in [-0.1, -0.05) is 0 Å². The van der Waals surface area contributed by atoms with Gasteiger partial charge in [-0.2, -0.15) is 0 Å². The minimum absolute atomic E-state index is 0.227. The number of likely N-dealkylation sites (tertiary alicyclic amines) is 1. The predicted molar refractivity (Wildman–Crippen MR) is 124 cm³/mol. The zero-order valence-corrected chi connectivity index (χ0v) is 19.2. The fourth-order valence-electron chi connectivity index (χ4n) is 4.48. The molecule has 2 aliphatic rings. The predicted octanol–water partition coefficient (Wildman–Crippen LogP) is 5.65. The summed E-state index contributed by atoms with van der Waals surface area (Å²) in [4.78, 5) is 13.6. The van der Waals surface area contributed by atoms with Gasteiger partial charge in [0.25, 0.3) is 0 Å². The van der Waals surface area contributed by atoms with Crippen LogP contribution in [0.1, 0.15) is 66.9 Å². The smallest absolute Gasteiger partial charge is 0.338 e. The second-order valence-electron chi connectivity index (χ2n) is 9.58. The summed E-state index contributed by atoms with van der Waals surface area (Å²) in [6, 6.07) is 7.84. The second kappa shape index (κ2) is 10.1. The number of hydrogen-bond donors (Lipinski definition) is 2. The van der Waals surface area contributed by atoms with Gasteiger partial charge in [-0.15, -0.1) is 0 Å². The minimum Gasteiger partial charge on any atom is -0.493 e. The normalized spacial score (nSPS) is 17.4. The number of halogens is 2. The van der Waals surface area contributed by atoms with Crippen molar-refractivity contribution < 1.29 is 23.4 Å². The van der Waals surface area contributed by atoms with Crippen LogP contribution < -0.4 is 10.1 Å². The van der Waals surface area contributed by atoms with E-state index < -0.39 is 11.8 Å². The van der Waals surface area contributed by atoms with Gasteiger partial charge in [0.1, 0.15) is 17.4 Å². The van der Waals surface area contributed by atoms with Crippen LogP contribution in [0.3, 0.4) is 0 Å². The number of rotatable bonds is 9. The molecule has 33 heavy (non-hydrogen) atoms. The molecule has 2 N–H and O–H groups in total. The molecule has 2 fully saturated rings. The highest BCUT2D eigenvalue weighted by Gasteiger charge is 2.30. The standard InChI is InChI=1S/C26H32F2N2O3/c1-16(2)29-24-6-5-20(27)11-19(24)14-30-9-7-17(8-10-30)15-33-25-13-23(28)22(26(31)32)12-21(25)18-3-4-18/h5-6,11-13,16-18,29H,3-4,7-10,14-15H2,1-2H3,(H,31,32). The molecule has 178 valence electrons. The van der Waals surface area contributed by atoms with E-state index in [1.165, 1.54) is 18.2 Å². The molecule has 2 aromatic rings. The van der Waals surface area contributed by atoms with Crippen LogP contribution in [-0.4, -0.2) is 41.7 Å². The third-order valence-corrected chi connectivity index (χ3v) is 6.43. The molecule has 1 saturated heterocycles. The van der Waals surface area contributed by atoms with Crippen molar-refractivity contribution in [3.8, 4) is 5.75 Å². The van der Waals surface area contributed by atoms with E-state index in [2.05, 4.69) is 24.1 Å². The Morgan fingerprint density at radius 1 is 1.15 bits per heavy atom. The molecule has 1 aliphatic carbocycles. The van der Waals surface area contributed by atoms with Crippen LogP contribution in [0.5, 0.6) is 5.75 Å². The number of ether oxygens (including phenoxy) is 1. The van der Waals surface area contributed by atoms with Crippen molar-refractivity contribution in [2.75, 3.05) is 25.0 Å². The average Bonchev–Trinajstić information content (AvgIpc) is 3.60. The highest BCUT2D eigenvalue weighted by atomic mass is 19.1. The molecule has 1 heterocycles. The zero-order valence-electron chi connectivity index (χ0n) is 19.2. The number of nitrogens with zero attached hydrogens (tertiary/aromatic N) is 1. The molecule has 4 rings (SSSR count). The van der Waals surface area contributed by atoms with Gasteiger partial charge in [0.2, 0.25) is 0 Å². The highest BCUT2D eigenvalue weighted by Crippen LogP contribution is 2.45. The lowest BCUT2D eigenvalue weighted by Crippen LogP contribution is -2.35. The zero-order chi connectivity index (χ0) is 23.5. The molecule has 1 aliphatic heterocycles. The molecular weight excluding hydrogens is 426 g/mol. The molecule has 0 radical (unpaired) electrons. The minimum atomic E-state index is -1.25. The molecule has 2 aromatic carbocycles. The maximum atomic E-state index is 14.2. The van der Waals surface area contributed by atoms with Crippen LogP contribution in [0.2, 0.25) is 0 Å². The average molecular weight is 459 g/mol. The van der Waals surface area contributed by atoms with Gasteiger partial charge >= 0.3 is 5.97 Å². The second-order valence-corrected chi connectivity index (χ2v) is 9.58. The monoisotopic (exact) mass is 458 g/mol. The van der Waals surface area contributed by atoms with Gasteiger partial charge in [-0.25, -0.2) is 13.6 Å². The summed E-state index contributed by atoms with van der Waals surface area (Å²) in [5.74, 6) is -1.14. The van der Waals surface area contributed by atoms with E-state index in [0.717, 1.165) is 55.6 Å². The molecule has 0 spiro atoms. The number of aromatic carboxylic acids is 1. The molecule has 7 heteroatoms.